The molecule has 1 unspecified atom stereocenters. The summed E-state index contributed by atoms with van der Waals surface area (Å²) < 4.78 is 27.7. The van der Waals surface area contributed by atoms with E-state index in [1.54, 1.807) is 0 Å². The third-order valence-corrected chi connectivity index (χ3v) is 4.24. The molecule has 1 aromatic rings. The van der Waals surface area contributed by atoms with Gasteiger partial charge < -0.3 is 4.90 Å². The molecule has 0 bridgehead atoms. The van der Waals surface area contributed by atoms with Crippen LogP contribution in [0.4, 0.5) is 8.78 Å². The molecule has 2 nitrogen and oxygen atoms in total. The van der Waals surface area contributed by atoms with Crippen molar-refractivity contribution in [1.82, 2.24) is 4.90 Å². The molecule has 18 heavy (non-hydrogen) atoms. The summed E-state index contributed by atoms with van der Waals surface area (Å²) in [4.78, 5) is 13.7. The predicted octanol–water partition coefficient (Wildman–Crippen LogP) is 3.73. The molecule has 1 saturated heterocycles. The SMILES string of the molecule is O=C(c1c(F)cc(Br)cc1F)N1CCCC1CBr. The Morgan fingerprint density at radius 2 is 2.00 bits per heavy atom. The lowest BCUT2D eigenvalue weighted by atomic mass is 10.1. The third-order valence-electron chi connectivity index (χ3n) is 3.04. The lowest BCUT2D eigenvalue weighted by molar-refractivity contribution is 0.0740. The Balaban J connectivity index is 2.34. The predicted molar refractivity (Wildman–Crippen MR) is 71.9 cm³/mol. The van der Waals surface area contributed by atoms with Gasteiger partial charge in [-0.25, -0.2) is 8.78 Å². The molecule has 0 N–H and O–H groups in total. The zero-order valence-corrected chi connectivity index (χ0v) is 12.6. The molecule has 0 spiro atoms. The lowest BCUT2D eigenvalue weighted by Gasteiger charge is -2.23. The van der Waals surface area contributed by atoms with Crippen molar-refractivity contribution in [3.63, 3.8) is 0 Å². The first-order valence-electron chi connectivity index (χ1n) is 5.56. The minimum absolute atomic E-state index is 0.0138. The summed E-state index contributed by atoms with van der Waals surface area (Å²) in [6, 6.07) is 2.23. The number of hydrogen-bond donors (Lipinski definition) is 0. The fourth-order valence-electron chi connectivity index (χ4n) is 2.15. The highest BCUT2D eigenvalue weighted by molar-refractivity contribution is 9.10. The Kier molecular flexibility index (Phi) is 4.37. The maximum absolute atomic E-state index is 13.7. The van der Waals surface area contributed by atoms with E-state index in [1.165, 1.54) is 4.90 Å². The minimum Gasteiger partial charge on any atom is -0.335 e. The van der Waals surface area contributed by atoms with Crippen molar-refractivity contribution < 1.29 is 13.6 Å². The molecule has 1 aromatic carbocycles. The van der Waals surface area contributed by atoms with E-state index in [0.29, 0.717) is 11.9 Å². The molecule has 6 heteroatoms. The second kappa shape index (κ2) is 5.65. The van der Waals surface area contributed by atoms with Gasteiger partial charge in [-0.05, 0) is 25.0 Å². The number of hydrogen-bond acceptors (Lipinski definition) is 1. The first-order chi connectivity index (χ1) is 8.54. The highest BCUT2D eigenvalue weighted by atomic mass is 79.9. The average Bonchev–Trinajstić information content (AvgIpc) is 2.75. The van der Waals surface area contributed by atoms with Crippen LogP contribution in [0.3, 0.4) is 0 Å². The van der Waals surface area contributed by atoms with E-state index in [4.69, 9.17) is 0 Å². The third kappa shape index (κ3) is 2.59. The van der Waals surface area contributed by atoms with Gasteiger partial charge >= 0.3 is 0 Å². The first-order valence-corrected chi connectivity index (χ1v) is 7.47. The zero-order valence-electron chi connectivity index (χ0n) is 9.43. The monoisotopic (exact) mass is 381 g/mol. The van der Waals surface area contributed by atoms with Crippen molar-refractivity contribution in [3.05, 3.63) is 33.8 Å². The second-order valence-corrected chi connectivity index (χ2v) is 5.76. The lowest BCUT2D eigenvalue weighted by Crippen LogP contribution is -2.37. The zero-order chi connectivity index (χ0) is 13.3. The summed E-state index contributed by atoms with van der Waals surface area (Å²) in [5, 5.41) is 0.624. The van der Waals surface area contributed by atoms with Crippen LogP contribution in [-0.4, -0.2) is 28.7 Å². The summed E-state index contributed by atoms with van der Waals surface area (Å²) in [5.41, 5.74) is -0.467. The molecule has 2 rings (SSSR count). The quantitative estimate of drug-likeness (QED) is 0.713. The summed E-state index contributed by atoms with van der Waals surface area (Å²) in [6.07, 6.45) is 1.72. The van der Waals surface area contributed by atoms with Gasteiger partial charge in [0.15, 0.2) is 0 Å². The maximum Gasteiger partial charge on any atom is 0.260 e. The number of carbonyl (C=O) groups is 1. The topological polar surface area (TPSA) is 20.3 Å². The fourth-order valence-corrected chi connectivity index (χ4v) is 3.23. The smallest absolute Gasteiger partial charge is 0.260 e. The van der Waals surface area contributed by atoms with Gasteiger partial charge in [-0.2, -0.15) is 0 Å². The molecule has 98 valence electrons. The molecule has 1 heterocycles. The van der Waals surface area contributed by atoms with Crippen LogP contribution < -0.4 is 0 Å². The van der Waals surface area contributed by atoms with Crippen LogP contribution in [0.1, 0.15) is 23.2 Å². The van der Waals surface area contributed by atoms with Crippen LogP contribution in [0.25, 0.3) is 0 Å². The van der Waals surface area contributed by atoms with Crippen molar-refractivity contribution in [1.29, 1.82) is 0 Å². The largest absolute Gasteiger partial charge is 0.335 e. The molecule has 1 atom stereocenters. The average molecular weight is 383 g/mol. The van der Waals surface area contributed by atoms with Gasteiger partial charge in [-0.3, -0.25) is 4.79 Å². The number of carbonyl (C=O) groups excluding carboxylic acids is 1. The fraction of sp³-hybridized carbons (Fsp3) is 0.417. The molecule has 1 aliphatic rings. The van der Waals surface area contributed by atoms with Crippen molar-refractivity contribution >= 4 is 37.8 Å². The van der Waals surface area contributed by atoms with Crippen LogP contribution in [0.2, 0.25) is 0 Å². The summed E-state index contributed by atoms with van der Waals surface area (Å²) >= 11 is 6.31. The highest BCUT2D eigenvalue weighted by Gasteiger charge is 2.31. The molecule has 0 aliphatic carbocycles. The number of nitrogens with zero attached hydrogens (tertiary/aromatic N) is 1. The van der Waals surface area contributed by atoms with E-state index in [1.807, 2.05) is 0 Å². The normalized spacial score (nSPS) is 19.3. The molecule has 1 amide bonds. The van der Waals surface area contributed by atoms with Crippen LogP contribution >= 0.6 is 31.9 Å². The summed E-state index contributed by atoms with van der Waals surface area (Å²) in [7, 11) is 0. The Hall–Kier alpha value is -0.490. The van der Waals surface area contributed by atoms with E-state index in [9.17, 15) is 13.6 Å². The number of likely N-dealkylation sites (tertiary alicyclic amines) is 1. The molecule has 1 fully saturated rings. The van der Waals surface area contributed by atoms with Gasteiger partial charge in [0.2, 0.25) is 0 Å². The standard InChI is InChI=1S/C12H11Br2F2NO/c13-6-8-2-1-3-17(8)12(18)11-9(15)4-7(14)5-10(11)16/h4-5,8H,1-3,6H2. The number of benzene rings is 1. The number of rotatable bonds is 2. The second-order valence-electron chi connectivity index (χ2n) is 4.19. The van der Waals surface area contributed by atoms with Crippen molar-refractivity contribution in [3.8, 4) is 0 Å². The van der Waals surface area contributed by atoms with E-state index in [2.05, 4.69) is 31.9 Å². The maximum atomic E-state index is 13.7. The van der Waals surface area contributed by atoms with Crippen LogP contribution in [0.5, 0.6) is 0 Å². The highest BCUT2D eigenvalue weighted by Crippen LogP contribution is 2.25. The van der Waals surface area contributed by atoms with Crippen LogP contribution in [0.15, 0.2) is 16.6 Å². The van der Waals surface area contributed by atoms with Crippen molar-refractivity contribution in [2.45, 2.75) is 18.9 Å². The first kappa shape index (κ1) is 13.9. The van der Waals surface area contributed by atoms with Gasteiger partial charge in [0.1, 0.15) is 17.2 Å². The summed E-state index contributed by atoms with van der Waals surface area (Å²) in [6.45, 7) is 0.546. The number of amides is 1. The summed E-state index contributed by atoms with van der Waals surface area (Å²) in [5.74, 6) is -2.22. The van der Waals surface area contributed by atoms with Gasteiger partial charge in [0.25, 0.3) is 5.91 Å². The Morgan fingerprint density at radius 1 is 1.39 bits per heavy atom. The molecule has 0 saturated carbocycles. The Labute approximate surface area is 121 Å². The Bertz CT molecular complexity index is 458. The van der Waals surface area contributed by atoms with E-state index < -0.39 is 23.1 Å². The van der Waals surface area contributed by atoms with Gasteiger partial charge in [-0.1, -0.05) is 31.9 Å². The molecule has 0 radical (unpaired) electrons. The minimum atomic E-state index is -0.827. The number of halogens is 4. The Morgan fingerprint density at radius 3 is 2.56 bits per heavy atom. The molecular formula is C12H11Br2F2NO. The van der Waals surface area contributed by atoms with Crippen LogP contribution in [0, 0.1) is 11.6 Å². The van der Waals surface area contributed by atoms with Gasteiger partial charge in [-0.15, -0.1) is 0 Å². The van der Waals surface area contributed by atoms with Crippen LogP contribution in [-0.2, 0) is 0 Å². The van der Waals surface area contributed by atoms with Gasteiger partial charge in [0.05, 0.1) is 0 Å². The van der Waals surface area contributed by atoms with Gasteiger partial charge in [0, 0.05) is 22.4 Å². The molecular weight excluding hydrogens is 372 g/mol. The number of alkyl halides is 1. The van der Waals surface area contributed by atoms with E-state index >= 15 is 0 Å². The van der Waals surface area contributed by atoms with Crippen molar-refractivity contribution in [2.24, 2.45) is 0 Å². The van der Waals surface area contributed by atoms with Crippen molar-refractivity contribution in [2.75, 3.05) is 11.9 Å². The molecule has 0 aromatic heterocycles. The molecule has 1 aliphatic heterocycles. The van der Waals surface area contributed by atoms with E-state index in [0.717, 1.165) is 25.0 Å². The van der Waals surface area contributed by atoms with E-state index in [-0.39, 0.29) is 10.5 Å².